The smallest absolute Gasteiger partial charge is 0.251 e. The third-order valence-corrected chi connectivity index (χ3v) is 4.96. The lowest BCUT2D eigenvalue weighted by Crippen LogP contribution is -2.25. The Kier molecular flexibility index (Phi) is 8.20. The fraction of sp³-hybridized carbons (Fsp3) is 0.185. The SMILES string of the molecule is C=C/C=C\N(C)c1ccc(C(=O)NCCCc2cnn(C)c2)cc1C#Cc1ccc(F)cc1. The van der Waals surface area contributed by atoms with Gasteiger partial charge >= 0.3 is 0 Å². The Morgan fingerprint density at radius 3 is 2.73 bits per heavy atom. The number of amides is 1. The topological polar surface area (TPSA) is 50.2 Å². The van der Waals surface area contributed by atoms with Gasteiger partial charge in [0, 0.05) is 49.7 Å². The molecule has 0 radical (unpaired) electrons. The number of halogens is 1. The number of benzene rings is 2. The zero-order valence-electron chi connectivity index (χ0n) is 18.9. The van der Waals surface area contributed by atoms with E-state index in [1.807, 2.05) is 49.7 Å². The average Bonchev–Trinajstić information content (AvgIpc) is 3.24. The third kappa shape index (κ3) is 6.94. The first kappa shape index (κ1) is 23.6. The van der Waals surface area contributed by atoms with E-state index in [-0.39, 0.29) is 11.7 Å². The molecule has 6 heteroatoms. The molecule has 1 heterocycles. The summed E-state index contributed by atoms with van der Waals surface area (Å²) in [5.74, 6) is 5.72. The maximum atomic E-state index is 13.2. The number of rotatable bonds is 8. The van der Waals surface area contributed by atoms with Crippen LogP contribution >= 0.6 is 0 Å². The standard InChI is InChI=1S/C27H27FN4O/c1-4-5-17-31(2)26-15-12-24(18-23(26)11-8-21-9-13-25(28)14-10-21)27(33)29-16-6-7-22-19-30-32(3)20-22/h4-5,9-10,12-15,17-20H,1,6-7,16H2,2-3H3,(H,29,33)/b17-5-. The van der Waals surface area contributed by atoms with Gasteiger partial charge in [-0.2, -0.15) is 5.10 Å². The van der Waals surface area contributed by atoms with Crippen LogP contribution in [0.5, 0.6) is 0 Å². The van der Waals surface area contributed by atoms with Gasteiger partial charge in [0.15, 0.2) is 0 Å². The van der Waals surface area contributed by atoms with Gasteiger partial charge in [0.25, 0.3) is 5.91 Å². The number of hydrogen-bond acceptors (Lipinski definition) is 3. The highest BCUT2D eigenvalue weighted by Gasteiger charge is 2.11. The van der Waals surface area contributed by atoms with Gasteiger partial charge in [0.1, 0.15) is 5.82 Å². The first-order valence-corrected chi connectivity index (χ1v) is 10.7. The summed E-state index contributed by atoms with van der Waals surface area (Å²) in [5, 5.41) is 7.13. The zero-order valence-corrected chi connectivity index (χ0v) is 18.9. The molecule has 0 aliphatic carbocycles. The Labute approximate surface area is 194 Å². The number of allylic oxidation sites excluding steroid dienone is 2. The molecular weight excluding hydrogens is 415 g/mol. The van der Waals surface area contributed by atoms with E-state index in [9.17, 15) is 9.18 Å². The molecule has 1 N–H and O–H groups in total. The minimum atomic E-state index is -0.308. The van der Waals surface area contributed by atoms with Crippen LogP contribution in [0.25, 0.3) is 0 Å². The van der Waals surface area contributed by atoms with Crippen LogP contribution in [0.4, 0.5) is 10.1 Å². The summed E-state index contributed by atoms with van der Waals surface area (Å²) < 4.78 is 15.0. The number of aromatic nitrogens is 2. The van der Waals surface area contributed by atoms with E-state index in [4.69, 9.17) is 0 Å². The van der Waals surface area contributed by atoms with Gasteiger partial charge in [-0.05, 0) is 66.9 Å². The molecule has 3 rings (SSSR count). The summed E-state index contributed by atoms with van der Waals surface area (Å²) in [4.78, 5) is 14.6. The first-order valence-electron chi connectivity index (χ1n) is 10.7. The molecule has 33 heavy (non-hydrogen) atoms. The largest absolute Gasteiger partial charge is 0.352 e. The van der Waals surface area contributed by atoms with Crippen molar-refractivity contribution < 1.29 is 9.18 Å². The van der Waals surface area contributed by atoms with Crippen molar-refractivity contribution in [2.24, 2.45) is 7.05 Å². The second kappa shape index (κ2) is 11.5. The summed E-state index contributed by atoms with van der Waals surface area (Å²) in [6.07, 6.45) is 10.9. The zero-order chi connectivity index (χ0) is 23.6. The lowest BCUT2D eigenvalue weighted by Gasteiger charge is -2.17. The molecule has 0 spiro atoms. The van der Waals surface area contributed by atoms with Crippen LogP contribution in [-0.2, 0) is 13.5 Å². The molecule has 3 aromatic rings. The maximum Gasteiger partial charge on any atom is 0.251 e. The number of carbonyl (C=O) groups excluding carboxylic acids is 1. The van der Waals surface area contributed by atoms with Gasteiger partial charge in [-0.15, -0.1) is 0 Å². The summed E-state index contributed by atoms with van der Waals surface area (Å²) in [6, 6.07) is 11.4. The molecule has 0 bridgehead atoms. The van der Waals surface area contributed by atoms with Crippen LogP contribution in [0, 0.1) is 17.7 Å². The maximum absolute atomic E-state index is 13.2. The number of nitrogens with one attached hydrogen (secondary N) is 1. The summed E-state index contributed by atoms with van der Waals surface area (Å²) in [7, 11) is 3.78. The normalized spacial score (nSPS) is 10.5. The predicted octanol–water partition coefficient (Wildman–Crippen LogP) is 4.46. The lowest BCUT2D eigenvalue weighted by atomic mass is 10.1. The molecule has 1 amide bonds. The van der Waals surface area contributed by atoms with Gasteiger partial charge < -0.3 is 10.2 Å². The van der Waals surface area contributed by atoms with E-state index < -0.39 is 0 Å². The molecule has 0 aliphatic rings. The highest BCUT2D eigenvalue weighted by atomic mass is 19.1. The van der Waals surface area contributed by atoms with Crippen LogP contribution in [0.2, 0.25) is 0 Å². The van der Waals surface area contributed by atoms with Crippen LogP contribution in [0.15, 0.2) is 79.8 Å². The Bertz CT molecular complexity index is 1200. The van der Waals surface area contributed by atoms with Gasteiger partial charge in [-0.1, -0.05) is 24.5 Å². The number of nitrogens with zero attached hydrogens (tertiary/aromatic N) is 3. The van der Waals surface area contributed by atoms with Gasteiger partial charge in [-0.3, -0.25) is 9.48 Å². The van der Waals surface area contributed by atoms with Crippen LogP contribution < -0.4 is 10.2 Å². The van der Waals surface area contributed by atoms with Crippen LogP contribution in [-0.4, -0.2) is 29.3 Å². The lowest BCUT2D eigenvalue weighted by molar-refractivity contribution is 0.0953. The fourth-order valence-electron chi connectivity index (χ4n) is 3.23. The highest BCUT2D eigenvalue weighted by molar-refractivity contribution is 5.95. The molecular formula is C27H27FN4O. The first-order chi connectivity index (χ1) is 16.0. The Morgan fingerprint density at radius 1 is 1.24 bits per heavy atom. The quantitative estimate of drug-likeness (QED) is 0.318. The van der Waals surface area contributed by atoms with Crippen LogP contribution in [0.3, 0.4) is 0 Å². The van der Waals surface area contributed by atoms with Gasteiger partial charge in [-0.25, -0.2) is 4.39 Å². The number of aryl methyl sites for hydroxylation is 2. The molecule has 1 aromatic heterocycles. The molecule has 0 aliphatic heterocycles. The fourth-order valence-corrected chi connectivity index (χ4v) is 3.23. The van der Waals surface area contributed by atoms with Crippen molar-refractivity contribution in [1.29, 1.82) is 0 Å². The number of hydrogen-bond donors (Lipinski definition) is 1. The van der Waals surface area contributed by atoms with Crippen molar-refractivity contribution >= 4 is 11.6 Å². The van der Waals surface area contributed by atoms with E-state index in [0.29, 0.717) is 23.2 Å². The molecule has 0 saturated heterocycles. The van der Waals surface area contributed by atoms with E-state index in [2.05, 4.69) is 28.8 Å². The Balaban J connectivity index is 1.75. The third-order valence-electron chi connectivity index (χ3n) is 4.96. The van der Waals surface area contributed by atoms with E-state index in [0.717, 1.165) is 24.1 Å². The minimum absolute atomic E-state index is 0.151. The summed E-state index contributed by atoms with van der Waals surface area (Å²) in [5.41, 5.74) is 3.90. The monoisotopic (exact) mass is 442 g/mol. The molecule has 0 unspecified atom stereocenters. The molecule has 0 atom stereocenters. The van der Waals surface area contributed by atoms with Gasteiger partial charge in [0.05, 0.1) is 11.9 Å². The minimum Gasteiger partial charge on any atom is -0.352 e. The second-order valence-electron chi connectivity index (χ2n) is 7.56. The van der Waals surface area contributed by atoms with E-state index in [1.165, 1.54) is 12.1 Å². The van der Waals surface area contributed by atoms with Crippen molar-refractivity contribution in [1.82, 2.24) is 15.1 Å². The Hall–Kier alpha value is -4.11. The van der Waals surface area contributed by atoms with Crippen molar-refractivity contribution in [3.05, 3.63) is 108 Å². The second-order valence-corrected chi connectivity index (χ2v) is 7.56. The molecule has 0 saturated carbocycles. The summed E-state index contributed by atoms with van der Waals surface area (Å²) in [6.45, 7) is 4.26. The number of carbonyl (C=O) groups is 1. The highest BCUT2D eigenvalue weighted by Crippen LogP contribution is 2.21. The molecule has 0 fully saturated rings. The molecule has 168 valence electrons. The van der Waals surface area contributed by atoms with Crippen LogP contribution in [0.1, 0.15) is 33.5 Å². The molecule has 2 aromatic carbocycles. The van der Waals surface area contributed by atoms with Crippen molar-refractivity contribution in [3.63, 3.8) is 0 Å². The van der Waals surface area contributed by atoms with Crippen molar-refractivity contribution in [3.8, 4) is 11.8 Å². The van der Waals surface area contributed by atoms with Crippen molar-refractivity contribution in [2.45, 2.75) is 12.8 Å². The number of anilines is 1. The Morgan fingerprint density at radius 2 is 2.03 bits per heavy atom. The van der Waals surface area contributed by atoms with E-state index in [1.54, 1.807) is 35.0 Å². The average molecular weight is 443 g/mol. The molecule has 5 nitrogen and oxygen atoms in total. The summed E-state index contributed by atoms with van der Waals surface area (Å²) >= 11 is 0. The van der Waals surface area contributed by atoms with E-state index >= 15 is 0 Å². The van der Waals surface area contributed by atoms with Crippen molar-refractivity contribution in [2.75, 3.05) is 18.5 Å². The van der Waals surface area contributed by atoms with Gasteiger partial charge in [0.2, 0.25) is 0 Å². The predicted molar refractivity (Wildman–Crippen MR) is 130 cm³/mol.